The number of rotatable bonds is 3. The number of carbonyl (C=O) groups is 1. The van der Waals surface area contributed by atoms with E-state index in [2.05, 4.69) is 5.32 Å². The molecule has 3 unspecified atom stereocenters. The van der Waals surface area contributed by atoms with E-state index in [4.69, 9.17) is 9.47 Å². The first-order chi connectivity index (χ1) is 10.0. The van der Waals surface area contributed by atoms with Crippen molar-refractivity contribution in [3.8, 4) is 11.5 Å². The number of hydrogen-bond acceptors (Lipinski definition) is 4. The van der Waals surface area contributed by atoms with Crippen molar-refractivity contribution in [3.63, 3.8) is 0 Å². The minimum atomic E-state index is -0.873. The molecule has 114 valence electrons. The second-order valence-corrected chi connectivity index (χ2v) is 5.86. The van der Waals surface area contributed by atoms with Crippen LogP contribution in [-0.2, 0) is 17.6 Å². The van der Waals surface area contributed by atoms with Crippen LogP contribution in [0.15, 0.2) is 6.07 Å². The molecule has 0 spiro atoms. The van der Waals surface area contributed by atoms with Gasteiger partial charge in [0.2, 0.25) is 0 Å². The maximum atomic E-state index is 11.7. The number of aliphatic carboxylic acids is 1. The Bertz CT molecular complexity index is 584. The van der Waals surface area contributed by atoms with Gasteiger partial charge in [-0.25, -0.2) is 0 Å². The smallest absolute Gasteiger partial charge is 0.325 e. The molecule has 1 aromatic rings. The molecule has 0 bridgehead atoms. The molecule has 21 heavy (non-hydrogen) atoms. The third kappa shape index (κ3) is 2.35. The average molecular weight is 291 g/mol. The summed E-state index contributed by atoms with van der Waals surface area (Å²) in [5.41, 5.74) is 2.78. The summed E-state index contributed by atoms with van der Waals surface area (Å²) >= 11 is 0. The fourth-order valence-corrected chi connectivity index (χ4v) is 3.32. The lowest BCUT2D eigenvalue weighted by atomic mass is 9.87. The topological polar surface area (TPSA) is 67.8 Å². The Hall–Kier alpha value is -1.75. The Morgan fingerprint density at radius 2 is 2.24 bits per heavy atom. The third-order valence-electron chi connectivity index (χ3n) is 4.09. The Morgan fingerprint density at radius 1 is 1.48 bits per heavy atom. The first kappa shape index (κ1) is 14.2. The van der Waals surface area contributed by atoms with Crippen molar-refractivity contribution in [1.82, 2.24) is 5.32 Å². The Labute approximate surface area is 124 Å². The molecule has 3 rings (SSSR count). The first-order valence-corrected chi connectivity index (χ1v) is 7.48. The molecule has 5 heteroatoms. The monoisotopic (exact) mass is 291 g/mol. The Morgan fingerprint density at radius 3 is 2.90 bits per heavy atom. The predicted molar refractivity (Wildman–Crippen MR) is 78.1 cm³/mol. The number of carboxylic acid groups (broad SMARTS) is 1. The number of nitrogens with one attached hydrogen (secondary N) is 1. The fraction of sp³-hybridized carbons (Fsp3) is 0.562. The van der Waals surface area contributed by atoms with Crippen LogP contribution in [-0.4, -0.2) is 29.8 Å². The van der Waals surface area contributed by atoms with Crippen LogP contribution in [0.2, 0.25) is 0 Å². The van der Waals surface area contributed by atoms with Crippen LogP contribution in [0.4, 0.5) is 0 Å². The van der Waals surface area contributed by atoms with E-state index >= 15 is 0 Å². The molecular weight excluding hydrogens is 270 g/mol. The van der Waals surface area contributed by atoms with Gasteiger partial charge in [0.1, 0.15) is 23.6 Å². The summed E-state index contributed by atoms with van der Waals surface area (Å²) in [6.07, 6.45) is 1.62. The van der Waals surface area contributed by atoms with Crippen LogP contribution >= 0.6 is 0 Å². The van der Waals surface area contributed by atoms with E-state index in [9.17, 15) is 9.90 Å². The molecule has 3 atom stereocenters. The number of hydrogen-bond donors (Lipinski definition) is 2. The summed E-state index contributed by atoms with van der Waals surface area (Å²) in [5, 5.41) is 12.7. The van der Waals surface area contributed by atoms with Crippen molar-refractivity contribution >= 4 is 5.97 Å². The summed E-state index contributed by atoms with van der Waals surface area (Å²) in [5.74, 6) is 0.679. The SMILES string of the molecule is CCOc1cc2c(c3c1CC(C)NC3C(=O)O)OC(C)C2. The summed E-state index contributed by atoms with van der Waals surface area (Å²) < 4.78 is 11.7. The molecule has 0 aromatic heterocycles. The van der Waals surface area contributed by atoms with E-state index in [0.717, 1.165) is 41.0 Å². The van der Waals surface area contributed by atoms with Crippen molar-refractivity contribution in [3.05, 3.63) is 22.8 Å². The molecule has 0 amide bonds. The maximum Gasteiger partial charge on any atom is 0.325 e. The van der Waals surface area contributed by atoms with E-state index in [-0.39, 0.29) is 12.1 Å². The van der Waals surface area contributed by atoms with Crippen LogP contribution in [0.25, 0.3) is 0 Å². The molecule has 0 fully saturated rings. The zero-order chi connectivity index (χ0) is 15.1. The van der Waals surface area contributed by atoms with Gasteiger partial charge in [0.05, 0.1) is 6.61 Å². The van der Waals surface area contributed by atoms with E-state index in [0.29, 0.717) is 6.61 Å². The van der Waals surface area contributed by atoms with Gasteiger partial charge in [-0.3, -0.25) is 10.1 Å². The van der Waals surface area contributed by atoms with Gasteiger partial charge in [0, 0.05) is 29.2 Å². The lowest BCUT2D eigenvalue weighted by Crippen LogP contribution is -2.41. The molecule has 0 aliphatic carbocycles. The molecular formula is C16H21NO4. The molecule has 5 nitrogen and oxygen atoms in total. The lowest BCUT2D eigenvalue weighted by molar-refractivity contribution is -0.140. The van der Waals surface area contributed by atoms with Gasteiger partial charge in [-0.1, -0.05) is 0 Å². The van der Waals surface area contributed by atoms with Crippen molar-refractivity contribution in [1.29, 1.82) is 0 Å². The highest BCUT2D eigenvalue weighted by atomic mass is 16.5. The van der Waals surface area contributed by atoms with Crippen LogP contribution in [0.3, 0.4) is 0 Å². The number of fused-ring (bicyclic) bond motifs is 3. The van der Waals surface area contributed by atoms with Crippen LogP contribution < -0.4 is 14.8 Å². The second-order valence-electron chi connectivity index (χ2n) is 5.86. The molecule has 0 saturated carbocycles. The van der Waals surface area contributed by atoms with Crippen LogP contribution in [0, 0.1) is 0 Å². The summed E-state index contributed by atoms with van der Waals surface area (Å²) in [6, 6.07) is 1.39. The summed E-state index contributed by atoms with van der Waals surface area (Å²) in [4.78, 5) is 11.7. The predicted octanol–water partition coefficient (Wildman–Crippen LogP) is 2.07. The molecule has 0 radical (unpaired) electrons. The van der Waals surface area contributed by atoms with Gasteiger partial charge < -0.3 is 14.6 Å². The maximum absolute atomic E-state index is 11.7. The van der Waals surface area contributed by atoms with Crippen molar-refractivity contribution < 1.29 is 19.4 Å². The largest absolute Gasteiger partial charge is 0.494 e. The van der Waals surface area contributed by atoms with E-state index < -0.39 is 12.0 Å². The number of benzene rings is 1. The van der Waals surface area contributed by atoms with Crippen molar-refractivity contribution in [2.45, 2.75) is 51.8 Å². The van der Waals surface area contributed by atoms with Crippen LogP contribution in [0.5, 0.6) is 11.5 Å². The van der Waals surface area contributed by atoms with E-state index in [1.54, 1.807) is 0 Å². The zero-order valence-electron chi connectivity index (χ0n) is 12.6. The lowest BCUT2D eigenvalue weighted by Gasteiger charge is -2.31. The van der Waals surface area contributed by atoms with Crippen molar-refractivity contribution in [2.75, 3.05) is 6.61 Å². The summed E-state index contributed by atoms with van der Waals surface area (Å²) in [7, 11) is 0. The molecule has 1 aromatic carbocycles. The highest BCUT2D eigenvalue weighted by Crippen LogP contribution is 2.45. The molecule has 2 N–H and O–H groups in total. The average Bonchev–Trinajstić information content (AvgIpc) is 2.78. The molecule has 2 heterocycles. The third-order valence-corrected chi connectivity index (χ3v) is 4.09. The minimum absolute atomic E-state index is 0.0785. The quantitative estimate of drug-likeness (QED) is 0.892. The Balaban J connectivity index is 2.19. The second kappa shape index (κ2) is 5.22. The van der Waals surface area contributed by atoms with Gasteiger partial charge in [-0.2, -0.15) is 0 Å². The van der Waals surface area contributed by atoms with E-state index in [1.807, 2.05) is 26.8 Å². The van der Waals surface area contributed by atoms with Crippen molar-refractivity contribution in [2.24, 2.45) is 0 Å². The van der Waals surface area contributed by atoms with E-state index in [1.165, 1.54) is 0 Å². The highest BCUT2D eigenvalue weighted by molar-refractivity contribution is 5.79. The molecule has 0 saturated heterocycles. The van der Waals surface area contributed by atoms with Crippen LogP contribution in [0.1, 0.15) is 43.5 Å². The minimum Gasteiger partial charge on any atom is -0.494 e. The van der Waals surface area contributed by atoms with Gasteiger partial charge in [-0.15, -0.1) is 0 Å². The number of ether oxygens (including phenoxy) is 2. The standard InChI is InChI=1S/C16H21NO4/c1-4-20-12-7-10-6-9(3)21-15(10)13-11(12)5-8(2)17-14(13)16(18)19/h7-9,14,17H,4-6H2,1-3H3,(H,18,19). The summed E-state index contributed by atoms with van der Waals surface area (Å²) in [6.45, 7) is 6.51. The normalized spacial score (nSPS) is 26.7. The first-order valence-electron chi connectivity index (χ1n) is 7.48. The molecule has 2 aliphatic heterocycles. The van der Waals surface area contributed by atoms with Gasteiger partial charge in [0.15, 0.2) is 0 Å². The Kier molecular flexibility index (Phi) is 3.53. The van der Waals surface area contributed by atoms with Gasteiger partial charge >= 0.3 is 5.97 Å². The van der Waals surface area contributed by atoms with Gasteiger partial charge in [-0.05, 0) is 33.3 Å². The highest BCUT2D eigenvalue weighted by Gasteiger charge is 2.38. The number of carboxylic acids is 1. The zero-order valence-corrected chi connectivity index (χ0v) is 12.6. The van der Waals surface area contributed by atoms with Gasteiger partial charge in [0.25, 0.3) is 0 Å². The fourth-order valence-electron chi connectivity index (χ4n) is 3.32. The molecule has 2 aliphatic rings.